The number of nitrogens with zero attached hydrogens (tertiary/aromatic N) is 3. The molecule has 1 atom stereocenters. The fourth-order valence-electron chi connectivity index (χ4n) is 3.55. The van der Waals surface area contributed by atoms with Crippen LogP contribution in [-0.4, -0.2) is 26.3 Å². The molecule has 2 aromatic carbocycles. The van der Waals surface area contributed by atoms with E-state index in [0.717, 1.165) is 28.3 Å². The van der Waals surface area contributed by atoms with E-state index in [-0.39, 0.29) is 11.3 Å². The predicted molar refractivity (Wildman–Crippen MR) is 113 cm³/mol. The lowest BCUT2D eigenvalue weighted by molar-refractivity contribution is -0.128. The molecule has 29 heavy (non-hydrogen) atoms. The average Bonchev–Trinajstić information content (AvgIpc) is 3.51. The zero-order valence-electron chi connectivity index (χ0n) is 15.6. The Hall–Kier alpha value is -3.25. The van der Waals surface area contributed by atoms with Crippen LogP contribution in [0.25, 0.3) is 16.9 Å². The highest BCUT2D eigenvalue weighted by Gasteiger charge is 2.36. The quantitative estimate of drug-likeness (QED) is 0.477. The largest absolute Gasteiger partial charge is 0.467 e. The second-order valence-electron chi connectivity index (χ2n) is 6.84. The molecular weight excluding hydrogens is 382 g/mol. The Morgan fingerprint density at radius 1 is 1.00 bits per heavy atom. The Labute approximate surface area is 173 Å². The zero-order chi connectivity index (χ0) is 19.6. The maximum atomic E-state index is 12.6. The Bertz CT molecular complexity index is 1110. The highest BCUT2D eigenvalue weighted by atomic mass is 32.2. The van der Waals surface area contributed by atoms with Gasteiger partial charge in [-0.3, -0.25) is 4.79 Å². The number of para-hydroxylation sites is 1. The number of carbonyl (C=O) groups is 1. The fourth-order valence-corrected chi connectivity index (χ4v) is 4.74. The van der Waals surface area contributed by atoms with Crippen LogP contribution in [0.1, 0.15) is 16.7 Å². The number of hydrogen-bond donors (Lipinski definition) is 0. The molecular formula is C23H19N3O2S. The first-order valence-corrected chi connectivity index (χ1v) is 10.5. The van der Waals surface area contributed by atoms with Gasteiger partial charge in [0.05, 0.1) is 29.9 Å². The van der Waals surface area contributed by atoms with E-state index in [0.29, 0.717) is 12.3 Å². The molecule has 0 spiro atoms. The van der Waals surface area contributed by atoms with Gasteiger partial charge in [-0.05, 0) is 24.3 Å². The third kappa shape index (κ3) is 3.47. The van der Waals surface area contributed by atoms with E-state index < -0.39 is 0 Å². The molecule has 1 aliphatic rings. The topological polar surface area (TPSA) is 51.3 Å². The molecule has 0 N–H and O–H groups in total. The van der Waals surface area contributed by atoms with Gasteiger partial charge in [-0.1, -0.05) is 48.5 Å². The summed E-state index contributed by atoms with van der Waals surface area (Å²) in [6.07, 6.45) is 3.68. The zero-order valence-corrected chi connectivity index (χ0v) is 16.5. The molecule has 0 saturated carbocycles. The number of hydrogen-bond acceptors (Lipinski definition) is 4. The number of thioether (sulfide) groups is 1. The molecule has 1 saturated heterocycles. The van der Waals surface area contributed by atoms with Crippen molar-refractivity contribution in [3.05, 3.63) is 96.6 Å². The van der Waals surface area contributed by atoms with Crippen LogP contribution in [0.3, 0.4) is 0 Å². The van der Waals surface area contributed by atoms with Crippen LogP contribution < -0.4 is 0 Å². The van der Waals surface area contributed by atoms with Crippen LogP contribution in [-0.2, 0) is 11.3 Å². The lowest BCUT2D eigenvalue weighted by Gasteiger charge is -2.23. The van der Waals surface area contributed by atoms with E-state index in [1.54, 1.807) is 18.0 Å². The minimum absolute atomic E-state index is 0.111. The fraction of sp³-hybridized carbons (Fsp3) is 0.130. The maximum Gasteiger partial charge on any atom is 0.234 e. The number of rotatable bonds is 5. The summed E-state index contributed by atoms with van der Waals surface area (Å²) in [5.41, 5.74) is 3.95. The lowest BCUT2D eigenvalue weighted by atomic mass is 10.1. The first-order valence-electron chi connectivity index (χ1n) is 9.43. The molecule has 3 heterocycles. The van der Waals surface area contributed by atoms with Gasteiger partial charge in [-0.15, -0.1) is 11.8 Å². The van der Waals surface area contributed by atoms with Crippen molar-refractivity contribution in [3.8, 4) is 16.9 Å². The van der Waals surface area contributed by atoms with Crippen molar-refractivity contribution in [2.45, 2.75) is 11.9 Å². The molecule has 5 rings (SSSR count). The molecule has 2 aromatic heterocycles. The second-order valence-corrected chi connectivity index (χ2v) is 7.91. The van der Waals surface area contributed by atoms with Crippen LogP contribution in [0.4, 0.5) is 0 Å². The first kappa shape index (κ1) is 17.8. The standard InChI is InChI=1S/C23H19N3O2S/c27-21-16-29-23(25(21)14-19-12-7-13-28-19)20-15-26(18-10-5-2-6-11-18)24-22(20)17-8-3-1-4-9-17/h1-13,15,23H,14,16H2/t23-/m1/s1. The summed E-state index contributed by atoms with van der Waals surface area (Å²) < 4.78 is 7.39. The van der Waals surface area contributed by atoms with E-state index in [9.17, 15) is 4.79 Å². The molecule has 1 fully saturated rings. The molecule has 0 aliphatic carbocycles. The van der Waals surface area contributed by atoms with E-state index in [2.05, 4.69) is 12.1 Å². The molecule has 4 aromatic rings. The van der Waals surface area contributed by atoms with Gasteiger partial charge in [0.2, 0.25) is 5.91 Å². The van der Waals surface area contributed by atoms with E-state index in [1.807, 2.05) is 76.4 Å². The lowest BCUT2D eigenvalue weighted by Crippen LogP contribution is -2.27. The van der Waals surface area contributed by atoms with Crippen molar-refractivity contribution in [3.63, 3.8) is 0 Å². The minimum atomic E-state index is -0.111. The maximum absolute atomic E-state index is 12.6. The average molecular weight is 401 g/mol. The van der Waals surface area contributed by atoms with Gasteiger partial charge in [0.25, 0.3) is 0 Å². The van der Waals surface area contributed by atoms with Crippen molar-refractivity contribution < 1.29 is 9.21 Å². The summed E-state index contributed by atoms with van der Waals surface area (Å²) in [5, 5.41) is 4.78. The summed E-state index contributed by atoms with van der Waals surface area (Å²) in [5.74, 6) is 1.35. The molecule has 0 bridgehead atoms. The Balaban J connectivity index is 1.59. The van der Waals surface area contributed by atoms with Crippen molar-refractivity contribution in [1.29, 1.82) is 0 Å². The van der Waals surface area contributed by atoms with Gasteiger partial charge >= 0.3 is 0 Å². The summed E-state index contributed by atoms with van der Waals surface area (Å²) in [4.78, 5) is 14.5. The summed E-state index contributed by atoms with van der Waals surface area (Å²) in [6.45, 7) is 0.453. The third-order valence-electron chi connectivity index (χ3n) is 4.95. The molecule has 0 unspecified atom stereocenters. The van der Waals surface area contributed by atoms with Gasteiger partial charge in [-0.2, -0.15) is 5.10 Å². The highest BCUT2D eigenvalue weighted by molar-refractivity contribution is 8.00. The highest BCUT2D eigenvalue weighted by Crippen LogP contribution is 2.43. The van der Waals surface area contributed by atoms with Gasteiger partial charge in [0.1, 0.15) is 11.1 Å². The summed E-state index contributed by atoms with van der Waals surface area (Å²) >= 11 is 1.63. The van der Waals surface area contributed by atoms with Crippen molar-refractivity contribution in [1.82, 2.24) is 14.7 Å². The van der Waals surface area contributed by atoms with E-state index in [1.165, 1.54) is 0 Å². The Morgan fingerprint density at radius 3 is 2.48 bits per heavy atom. The second kappa shape index (κ2) is 7.64. The van der Waals surface area contributed by atoms with Crippen LogP contribution in [0.15, 0.2) is 89.7 Å². The van der Waals surface area contributed by atoms with Crippen molar-refractivity contribution >= 4 is 17.7 Å². The summed E-state index contributed by atoms with van der Waals surface area (Å²) in [6, 6.07) is 23.9. The molecule has 1 amide bonds. The number of aromatic nitrogens is 2. The van der Waals surface area contributed by atoms with Crippen LogP contribution in [0.2, 0.25) is 0 Å². The van der Waals surface area contributed by atoms with Gasteiger partial charge < -0.3 is 9.32 Å². The Morgan fingerprint density at radius 2 is 1.76 bits per heavy atom. The van der Waals surface area contributed by atoms with Crippen LogP contribution in [0.5, 0.6) is 0 Å². The molecule has 144 valence electrons. The monoisotopic (exact) mass is 401 g/mol. The number of amides is 1. The van der Waals surface area contributed by atoms with E-state index >= 15 is 0 Å². The third-order valence-corrected chi connectivity index (χ3v) is 6.19. The SMILES string of the molecule is O=C1CS[C@H](c2cn(-c3ccccc3)nc2-c2ccccc2)N1Cc1ccco1. The minimum Gasteiger partial charge on any atom is -0.467 e. The molecule has 5 nitrogen and oxygen atoms in total. The number of carbonyl (C=O) groups excluding carboxylic acids is 1. The number of furan rings is 1. The van der Waals surface area contributed by atoms with Crippen LogP contribution in [0, 0.1) is 0 Å². The van der Waals surface area contributed by atoms with Crippen molar-refractivity contribution in [2.75, 3.05) is 5.75 Å². The normalized spacial score (nSPS) is 16.5. The number of benzene rings is 2. The van der Waals surface area contributed by atoms with Gasteiger partial charge in [0, 0.05) is 17.3 Å². The van der Waals surface area contributed by atoms with Crippen LogP contribution >= 0.6 is 11.8 Å². The smallest absolute Gasteiger partial charge is 0.234 e. The molecule has 0 radical (unpaired) electrons. The Kier molecular flexibility index (Phi) is 4.69. The molecule has 6 heteroatoms. The van der Waals surface area contributed by atoms with Gasteiger partial charge in [0.15, 0.2) is 0 Å². The summed E-state index contributed by atoms with van der Waals surface area (Å²) in [7, 11) is 0. The molecule has 1 aliphatic heterocycles. The van der Waals surface area contributed by atoms with E-state index in [4.69, 9.17) is 9.52 Å². The van der Waals surface area contributed by atoms with Crippen molar-refractivity contribution in [2.24, 2.45) is 0 Å². The predicted octanol–water partition coefficient (Wildman–Crippen LogP) is 4.91. The first-order chi connectivity index (χ1) is 14.3. The van der Waals surface area contributed by atoms with Gasteiger partial charge in [-0.25, -0.2) is 4.68 Å².